The molecule has 24 heavy (non-hydrogen) atoms. The number of likely N-dealkylation sites (tertiary alicyclic amines) is 1. The Balaban J connectivity index is 2.39. The van der Waals surface area contributed by atoms with Crippen LogP contribution in [-0.4, -0.2) is 70.6 Å². The molecule has 0 saturated carbocycles. The van der Waals surface area contributed by atoms with Crippen LogP contribution in [0.15, 0.2) is 17.6 Å². The van der Waals surface area contributed by atoms with Crippen LogP contribution >= 0.6 is 0 Å². The summed E-state index contributed by atoms with van der Waals surface area (Å²) in [5.41, 5.74) is -0.103. The van der Waals surface area contributed by atoms with E-state index in [1.54, 1.807) is 7.05 Å². The summed E-state index contributed by atoms with van der Waals surface area (Å²) in [6, 6.07) is 0.427. The first-order valence-corrected chi connectivity index (χ1v) is 10.7. The molecule has 1 fully saturated rings. The van der Waals surface area contributed by atoms with Crippen LogP contribution in [0.1, 0.15) is 33.1 Å². The smallest absolute Gasteiger partial charge is 0.191 e. The van der Waals surface area contributed by atoms with Crippen LogP contribution in [0.25, 0.3) is 0 Å². The number of hydrogen-bond acceptors (Lipinski definition) is 4. The average Bonchev–Trinajstić information content (AvgIpc) is 2.51. The van der Waals surface area contributed by atoms with Crippen LogP contribution in [-0.2, 0) is 9.84 Å². The summed E-state index contributed by atoms with van der Waals surface area (Å²) >= 11 is 0. The number of nitrogens with zero attached hydrogens (tertiary/aromatic N) is 2. The Labute approximate surface area is 147 Å². The molecule has 1 aliphatic heterocycles. The monoisotopic (exact) mass is 358 g/mol. The van der Waals surface area contributed by atoms with Crippen LogP contribution in [0.2, 0.25) is 0 Å². The molecule has 1 heterocycles. The van der Waals surface area contributed by atoms with Gasteiger partial charge in [-0.3, -0.25) is 9.89 Å². The normalized spacial score (nSPS) is 18.4. The Kier molecular flexibility index (Phi) is 8.22. The molecule has 0 spiro atoms. The Morgan fingerprint density at radius 3 is 2.50 bits per heavy atom. The van der Waals surface area contributed by atoms with Gasteiger partial charge in [-0.25, -0.2) is 8.42 Å². The van der Waals surface area contributed by atoms with Crippen molar-refractivity contribution in [2.24, 2.45) is 10.4 Å². The minimum absolute atomic E-state index is 0.103. The molecular formula is C17H34N4O2S. The van der Waals surface area contributed by atoms with Crippen molar-refractivity contribution in [1.82, 2.24) is 15.5 Å². The molecule has 6 nitrogen and oxygen atoms in total. The molecule has 140 valence electrons. The van der Waals surface area contributed by atoms with Crippen molar-refractivity contribution in [3.05, 3.63) is 12.7 Å². The fourth-order valence-corrected chi connectivity index (χ4v) is 3.63. The highest BCUT2D eigenvalue weighted by Gasteiger charge is 2.22. The second kappa shape index (κ2) is 9.42. The fourth-order valence-electron chi connectivity index (χ4n) is 2.70. The van der Waals surface area contributed by atoms with Crippen molar-refractivity contribution in [3.63, 3.8) is 0 Å². The summed E-state index contributed by atoms with van der Waals surface area (Å²) < 4.78 is 22.7. The zero-order chi connectivity index (χ0) is 18.2. The molecule has 1 aliphatic rings. The van der Waals surface area contributed by atoms with Crippen LogP contribution in [0.5, 0.6) is 0 Å². The molecule has 0 unspecified atom stereocenters. The summed E-state index contributed by atoms with van der Waals surface area (Å²) in [5, 5.41) is 6.83. The summed E-state index contributed by atoms with van der Waals surface area (Å²) in [4.78, 5) is 6.69. The number of sulfone groups is 1. The second-order valence-electron chi connectivity index (χ2n) is 7.48. The molecule has 0 atom stereocenters. The summed E-state index contributed by atoms with van der Waals surface area (Å²) in [6.07, 6.45) is 6.05. The van der Waals surface area contributed by atoms with E-state index in [0.717, 1.165) is 38.4 Å². The number of aliphatic imine (C=N–C) groups is 1. The van der Waals surface area contributed by atoms with Crippen LogP contribution in [0.3, 0.4) is 0 Å². The first kappa shape index (κ1) is 21.0. The standard InChI is InChI=1S/C17H34N4O2S/c1-6-10-21-11-7-15(8-12-21)20-16(18-4)19-14-17(2,3)9-13-24(5,22)23/h6,15H,1,7-14H2,2-5H3,(H2,18,19,20). The van der Waals surface area contributed by atoms with Crippen molar-refractivity contribution in [1.29, 1.82) is 0 Å². The Morgan fingerprint density at radius 2 is 2.00 bits per heavy atom. The topological polar surface area (TPSA) is 73.8 Å². The molecule has 2 N–H and O–H groups in total. The van der Waals surface area contributed by atoms with Gasteiger partial charge in [-0.2, -0.15) is 0 Å². The van der Waals surface area contributed by atoms with Gasteiger partial charge in [-0.1, -0.05) is 19.9 Å². The Bertz CT molecular complexity index is 521. The van der Waals surface area contributed by atoms with Crippen molar-refractivity contribution in [3.8, 4) is 0 Å². The van der Waals surface area contributed by atoms with E-state index in [1.165, 1.54) is 6.26 Å². The molecule has 0 radical (unpaired) electrons. The lowest BCUT2D eigenvalue weighted by molar-refractivity contribution is 0.224. The maximum Gasteiger partial charge on any atom is 0.191 e. The molecule has 0 amide bonds. The molecule has 0 aromatic rings. The van der Waals surface area contributed by atoms with Crippen LogP contribution in [0.4, 0.5) is 0 Å². The Morgan fingerprint density at radius 1 is 1.38 bits per heavy atom. The third-order valence-electron chi connectivity index (χ3n) is 4.42. The highest BCUT2D eigenvalue weighted by molar-refractivity contribution is 7.90. The van der Waals surface area contributed by atoms with Gasteiger partial charge in [-0.15, -0.1) is 6.58 Å². The molecule has 0 aromatic heterocycles. The third-order valence-corrected chi connectivity index (χ3v) is 5.37. The quantitative estimate of drug-likeness (QED) is 0.388. The van der Waals surface area contributed by atoms with Crippen molar-refractivity contribution >= 4 is 15.8 Å². The number of guanidine groups is 1. The fraction of sp³-hybridized carbons (Fsp3) is 0.824. The summed E-state index contributed by atoms with van der Waals surface area (Å²) in [7, 11) is -1.15. The second-order valence-corrected chi connectivity index (χ2v) is 9.74. The summed E-state index contributed by atoms with van der Waals surface area (Å²) in [6.45, 7) is 11.7. The highest BCUT2D eigenvalue weighted by Crippen LogP contribution is 2.19. The Hall–Kier alpha value is -1.08. The van der Waals surface area contributed by atoms with Gasteiger partial charge in [0.25, 0.3) is 0 Å². The molecule has 7 heteroatoms. The lowest BCUT2D eigenvalue weighted by Crippen LogP contribution is -2.50. The van der Waals surface area contributed by atoms with Crippen LogP contribution < -0.4 is 10.6 Å². The van der Waals surface area contributed by atoms with E-state index in [9.17, 15) is 8.42 Å². The highest BCUT2D eigenvalue weighted by atomic mass is 32.2. The molecule has 1 saturated heterocycles. The van der Waals surface area contributed by atoms with Gasteiger partial charge in [0.2, 0.25) is 0 Å². The van der Waals surface area contributed by atoms with Gasteiger partial charge in [0.05, 0.1) is 5.75 Å². The van der Waals surface area contributed by atoms with E-state index >= 15 is 0 Å². The number of piperidine rings is 1. The zero-order valence-electron chi connectivity index (χ0n) is 15.6. The first-order chi connectivity index (χ1) is 11.1. The van der Waals surface area contributed by atoms with E-state index in [4.69, 9.17) is 0 Å². The molecular weight excluding hydrogens is 324 g/mol. The molecule has 0 bridgehead atoms. The number of hydrogen-bond donors (Lipinski definition) is 2. The van der Waals surface area contributed by atoms with E-state index in [2.05, 4.69) is 41.0 Å². The van der Waals surface area contributed by atoms with E-state index in [1.807, 2.05) is 6.08 Å². The predicted octanol–water partition coefficient (Wildman–Crippen LogP) is 1.26. The maximum atomic E-state index is 11.3. The van der Waals surface area contributed by atoms with Crippen molar-refractivity contribution in [2.75, 3.05) is 45.2 Å². The van der Waals surface area contributed by atoms with E-state index in [0.29, 0.717) is 19.0 Å². The largest absolute Gasteiger partial charge is 0.356 e. The number of nitrogens with one attached hydrogen (secondary N) is 2. The van der Waals surface area contributed by atoms with Crippen molar-refractivity contribution in [2.45, 2.75) is 39.2 Å². The van der Waals surface area contributed by atoms with Crippen molar-refractivity contribution < 1.29 is 8.42 Å². The minimum Gasteiger partial charge on any atom is -0.356 e. The minimum atomic E-state index is -2.92. The predicted molar refractivity (Wildman–Crippen MR) is 102 cm³/mol. The van der Waals surface area contributed by atoms with E-state index < -0.39 is 9.84 Å². The van der Waals surface area contributed by atoms with Gasteiger partial charge >= 0.3 is 0 Å². The van der Waals surface area contributed by atoms with E-state index in [-0.39, 0.29) is 11.2 Å². The zero-order valence-corrected chi connectivity index (χ0v) is 16.5. The third kappa shape index (κ3) is 8.68. The van der Waals surface area contributed by atoms with Gasteiger partial charge in [0.1, 0.15) is 9.84 Å². The van der Waals surface area contributed by atoms with Gasteiger partial charge < -0.3 is 10.6 Å². The maximum absolute atomic E-state index is 11.3. The average molecular weight is 359 g/mol. The lowest BCUT2D eigenvalue weighted by atomic mass is 9.90. The molecule has 1 rings (SSSR count). The molecule has 0 aromatic carbocycles. The van der Waals surface area contributed by atoms with Gasteiger partial charge in [0.15, 0.2) is 5.96 Å². The van der Waals surface area contributed by atoms with Gasteiger partial charge in [0, 0.05) is 45.5 Å². The van der Waals surface area contributed by atoms with Gasteiger partial charge in [-0.05, 0) is 24.7 Å². The summed E-state index contributed by atoms with van der Waals surface area (Å²) in [5.74, 6) is 1.01. The van der Waals surface area contributed by atoms with Crippen LogP contribution in [0, 0.1) is 5.41 Å². The number of rotatable bonds is 8. The first-order valence-electron chi connectivity index (χ1n) is 8.63. The lowest BCUT2D eigenvalue weighted by Gasteiger charge is -2.33. The molecule has 0 aliphatic carbocycles. The SMILES string of the molecule is C=CCN1CCC(NC(=NC)NCC(C)(C)CCS(C)(=O)=O)CC1.